The summed E-state index contributed by atoms with van der Waals surface area (Å²) in [7, 11) is 3.27. The van der Waals surface area contributed by atoms with E-state index in [9.17, 15) is 0 Å². The maximum atomic E-state index is 5.54. The third-order valence-corrected chi connectivity index (χ3v) is 4.40. The van der Waals surface area contributed by atoms with Crippen molar-refractivity contribution in [1.29, 1.82) is 0 Å². The lowest BCUT2D eigenvalue weighted by molar-refractivity contribution is 0.392. The van der Waals surface area contributed by atoms with Crippen molar-refractivity contribution in [2.24, 2.45) is 9.98 Å². The molecule has 0 atom stereocenters. The Kier molecular flexibility index (Phi) is 4.71. The predicted molar refractivity (Wildman–Crippen MR) is 108 cm³/mol. The van der Waals surface area contributed by atoms with Gasteiger partial charge in [-0.3, -0.25) is 0 Å². The Morgan fingerprint density at radius 2 is 1.19 bits per heavy atom. The highest BCUT2D eigenvalue weighted by Crippen LogP contribution is 2.35. The van der Waals surface area contributed by atoms with Crippen molar-refractivity contribution in [3.05, 3.63) is 102 Å². The molecule has 1 aliphatic rings. The molecule has 1 heterocycles. The molecule has 0 fully saturated rings. The molecule has 0 saturated heterocycles. The van der Waals surface area contributed by atoms with Gasteiger partial charge < -0.3 is 9.47 Å². The monoisotopic (exact) mass is 355 g/mol. The molecule has 3 aromatic rings. The van der Waals surface area contributed by atoms with Gasteiger partial charge in [0.05, 0.1) is 25.6 Å². The number of benzene rings is 3. The SMILES string of the molecule is COc1ccc([C]2N=C(c3ccccc3)C(c3ccccc3)=N2)c(OC)c1. The van der Waals surface area contributed by atoms with Crippen LogP contribution >= 0.6 is 0 Å². The number of rotatable bonds is 5. The minimum atomic E-state index is 0.632. The fraction of sp³-hybridized carbons (Fsp3) is 0.0870. The van der Waals surface area contributed by atoms with Crippen molar-refractivity contribution in [2.75, 3.05) is 14.2 Å². The highest BCUT2D eigenvalue weighted by atomic mass is 16.5. The van der Waals surface area contributed by atoms with Crippen LogP contribution in [0.4, 0.5) is 0 Å². The summed E-state index contributed by atoms with van der Waals surface area (Å²) >= 11 is 0. The Bertz CT molecular complexity index is 940. The summed E-state index contributed by atoms with van der Waals surface area (Å²) in [4.78, 5) is 9.72. The molecule has 133 valence electrons. The summed E-state index contributed by atoms with van der Waals surface area (Å²) in [5, 5.41) is 0. The van der Waals surface area contributed by atoms with Crippen LogP contribution in [0.1, 0.15) is 16.7 Å². The molecule has 1 aliphatic heterocycles. The average molecular weight is 355 g/mol. The van der Waals surface area contributed by atoms with Crippen LogP contribution in [0.2, 0.25) is 0 Å². The summed E-state index contributed by atoms with van der Waals surface area (Å²) in [6.45, 7) is 0. The molecule has 3 aromatic carbocycles. The maximum Gasteiger partial charge on any atom is 0.230 e. The van der Waals surface area contributed by atoms with Gasteiger partial charge in [0.1, 0.15) is 11.5 Å². The first kappa shape index (κ1) is 17.0. The summed E-state index contributed by atoms with van der Waals surface area (Å²) in [5.41, 5.74) is 4.60. The van der Waals surface area contributed by atoms with E-state index in [-0.39, 0.29) is 0 Å². The fourth-order valence-electron chi connectivity index (χ4n) is 3.04. The number of methoxy groups -OCH3 is 2. The normalized spacial score (nSPS) is 13.9. The van der Waals surface area contributed by atoms with Crippen LogP contribution in [0, 0.1) is 6.17 Å². The molecule has 0 unspecified atom stereocenters. The van der Waals surface area contributed by atoms with Crippen LogP contribution in [0.5, 0.6) is 11.5 Å². The van der Waals surface area contributed by atoms with Crippen LogP contribution in [0.3, 0.4) is 0 Å². The van der Waals surface area contributed by atoms with Crippen molar-refractivity contribution < 1.29 is 9.47 Å². The second-order valence-electron chi connectivity index (χ2n) is 6.04. The van der Waals surface area contributed by atoms with Gasteiger partial charge in [-0.25, -0.2) is 9.98 Å². The number of aliphatic imine (C=N–C) groups is 2. The first-order valence-corrected chi connectivity index (χ1v) is 8.68. The first-order valence-electron chi connectivity index (χ1n) is 8.68. The standard InChI is InChI=1S/C23H19N2O2/c1-26-18-13-14-19(20(15-18)27-2)23-24-21(16-9-5-3-6-10-16)22(25-23)17-11-7-4-8-12-17/h3-15H,1-2H3. The second kappa shape index (κ2) is 7.46. The second-order valence-corrected chi connectivity index (χ2v) is 6.04. The Hall–Kier alpha value is -3.40. The van der Waals surface area contributed by atoms with Crippen molar-refractivity contribution in [2.45, 2.75) is 0 Å². The number of nitrogens with zero attached hydrogens (tertiary/aromatic N) is 2. The van der Waals surface area contributed by atoms with Gasteiger partial charge in [-0.05, 0) is 12.1 Å². The van der Waals surface area contributed by atoms with E-state index in [0.717, 1.165) is 33.9 Å². The zero-order valence-corrected chi connectivity index (χ0v) is 15.2. The molecule has 0 saturated carbocycles. The molecule has 0 spiro atoms. The lowest BCUT2D eigenvalue weighted by Crippen LogP contribution is -2.13. The van der Waals surface area contributed by atoms with Crippen LogP contribution in [0.15, 0.2) is 88.8 Å². The quantitative estimate of drug-likeness (QED) is 0.675. The predicted octanol–water partition coefficient (Wildman–Crippen LogP) is 4.53. The van der Waals surface area contributed by atoms with E-state index in [4.69, 9.17) is 19.5 Å². The van der Waals surface area contributed by atoms with Crippen molar-refractivity contribution in [1.82, 2.24) is 0 Å². The topological polar surface area (TPSA) is 43.2 Å². The highest BCUT2D eigenvalue weighted by Gasteiger charge is 2.28. The fourth-order valence-corrected chi connectivity index (χ4v) is 3.04. The van der Waals surface area contributed by atoms with E-state index in [1.807, 2.05) is 78.9 Å². The van der Waals surface area contributed by atoms with E-state index in [1.54, 1.807) is 14.2 Å². The Morgan fingerprint density at radius 3 is 1.67 bits per heavy atom. The largest absolute Gasteiger partial charge is 0.497 e. The van der Waals surface area contributed by atoms with Crippen LogP contribution < -0.4 is 9.47 Å². The molecular formula is C23H19N2O2. The van der Waals surface area contributed by atoms with E-state index in [0.29, 0.717) is 11.9 Å². The van der Waals surface area contributed by atoms with Gasteiger partial charge in [-0.15, -0.1) is 0 Å². The van der Waals surface area contributed by atoms with Crippen LogP contribution in [-0.2, 0) is 0 Å². The molecule has 4 rings (SSSR count). The first-order chi connectivity index (χ1) is 13.3. The van der Waals surface area contributed by atoms with E-state index < -0.39 is 0 Å². The molecule has 4 heteroatoms. The van der Waals surface area contributed by atoms with Gasteiger partial charge in [0.2, 0.25) is 6.17 Å². The summed E-state index contributed by atoms with van der Waals surface area (Å²) in [6, 6.07) is 25.9. The Morgan fingerprint density at radius 1 is 0.630 bits per heavy atom. The summed E-state index contributed by atoms with van der Waals surface area (Å²) in [6.07, 6.45) is 0.632. The molecular weight excluding hydrogens is 336 g/mol. The van der Waals surface area contributed by atoms with Gasteiger partial charge in [0.15, 0.2) is 0 Å². The van der Waals surface area contributed by atoms with Gasteiger partial charge in [0, 0.05) is 22.8 Å². The summed E-state index contributed by atoms with van der Waals surface area (Å²) < 4.78 is 10.8. The van der Waals surface area contributed by atoms with Crippen molar-refractivity contribution in [3.63, 3.8) is 0 Å². The van der Waals surface area contributed by atoms with Crippen molar-refractivity contribution >= 4 is 11.4 Å². The minimum absolute atomic E-state index is 0.632. The number of hydrogen-bond acceptors (Lipinski definition) is 4. The zero-order chi connectivity index (χ0) is 18.6. The van der Waals surface area contributed by atoms with Gasteiger partial charge in [0.25, 0.3) is 0 Å². The van der Waals surface area contributed by atoms with E-state index in [2.05, 4.69) is 0 Å². The highest BCUT2D eigenvalue weighted by molar-refractivity contribution is 6.54. The molecule has 1 radical (unpaired) electrons. The smallest absolute Gasteiger partial charge is 0.230 e. The molecule has 0 aromatic heterocycles. The molecule has 4 nitrogen and oxygen atoms in total. The molecule has 0 N–H and O–H groups in total. The third-order valence-electron chi connectivity index (χ3n) is 4.40. The van der Waals surface area contributed by atoms with Gasteiger partial charge >= 0.3 is 0 Å². The van der Waals surface area contributed by atoms with E-state index >= 15 is 0 Å². The molecule has 0 amide bonds. The molecule has 0 aliphatic carbocycles. The molecule has 0 bridgehead atoms. The summed E-state index contributed by atoms with van der Waals surface area (Å²) in [5.74, 6) is 1.41. The maximum absolute atomic E-state index is 5.54. The van der Waals surface area contributed by atoms with Crippen LogP contribution in [-0.4, -0.2) is 25.6 Å². The van der Waals surface area contributed by atoms with Crippen molar-refractivity contribution in [3.8, 4) is 11.5 Å². The number of ether oxygens (including phenoxy) is 2. The average Bonchev–Trinajstić information content (AvgIpc) is 3.19. The lowest BCUT2D eigenvalue weighted by atomic mass is 10.0. The Labute approximate surface area is 158 Å². The van der Waals surface area contributed by atoms with Gasteiger partial charge in [-0.1, -0.05) is 60.7 Å². The molecule has 27 heavy (non-hydrogen) atoms. The minimum Gasteiger partial charge on any atom is -0.497 e. The van der Waals surface area contributed by atoms with Crippen LogP contribution in [0.25, 0.3) is 0 Å². The Balaban J connectivity index is 1.83. The third kappa shape index (κ3) is 3.34. The number of hydrogen-bond donors (Lipinski definition) is 0. The van der Waals surface area contributed by atoms with Gasteiger partial charge in [-0.2, -0.15) is 0 Å². The zero-order valence-electron chi connectivity index (χ0n) is 15.2. The lowest BCUT2D eigenvalue weighted by Gasteiger charge is -2.11. The van der Waals surface area contributed by atoms with E-state index in [1.165, 1.54) is 0 Å².